The molecule has 0 unspecified atom stereocenters. The second-order valence-corrected chi connectivity index (χ2v) is 5.42. The fourth-order valence-corrected chi connectivity index (χ4v) is 1.48. The predicted molar refractivity (Wildman–Crippen MR) is 71.2 cm³/mol. The monoisotopic (exact) mass is 284 g/mol. The highest BCUT2D eigenvalue weighted by atomic mass is 79.9. The lowest BCUT2D eigenvalue weighted by molar-refractivity contribution is 0.413. The van der Waals surface area contributed by atoms with Crippen LogP contribution < -0.4 is 10.2 Å². The van der Waals surface area contributed by atoms with Gasteiger partial charge in [0.05, 0.1) is 13.3 Å². The van der Waals surface area contributed by atoms with Gasteiger partial charge < -0.3 is 10.2 Å². The van der Waals surface area contributed by atoms with E-state index < -0.39 is 0 Å². The molecule has 0 fully saturated rings. The van der Waals surface area contributed by atoms with E-state index in [1.165, 1.54) is 0 Å². The van der Waals surface area contributed by atoms with E-state index in [4.69, 9.17) is 4.74 Å². The summed E-state index contributed by atoms with van der Waals surface area (Å²) < 4.78 is 6.25. The third-order valence-electron chi connectivity index (χ3n) is 1.80. The van der Waals surface area contributed by atoms with Crippen LogP contribution in [0.25, 0.3) is 0 Å². The van der Waals surface area contributed by atoms with E-state index in [9.17, 15) is 0 Å². The fraction of sp³-hybridized carbons (Fsp3) is 0.417. The molecule has 0 aromatic heterocycles. The summed E-state index contributed by atoms with van der Waals surface area (Å²) in [6, 6.07) is 5.81. The second kappa shape index (κ2) is 5.34. The maximum absolute atomic E-state index is 5.24. The minimum atomic E-state index is -0.0320. The number of ether oxygens (including phenoxy) is 1. The first-order chi connectivity index (χ1) is 7.42. The summed E-state index contributed by atoms with van der Waals surface area (Å²) in [6.07, 6.45) is 1.76. The summed E-state index contributed by atoms with van der Waals surface area (Å²) in [5.74, 6) is 0.808. The Kier molecular flexibility index (Phi) is 4.35. The van der Waals surface area contributed by atoms with Crippen molar-refractivity contribution >= 4 is 22.1 Å². The number of benzene rings is 1. The van der Waals surface area contributed by atoms with Gasteiger partial charge in [-0.05, 0) is 39.0 Å². The van der Waals surface area contributed by atoms with Crippen LogP contribution >= 0.6 is 15.9 Å². The standard InChI is InChI=1S/C12H17BrN2O/c1-12(2,3)15-14-8-9-7-10(13)5-6-11(9)16-4/h5-8,15H,1-4H3/b14-8-. The van der Waals surface area contributed by atoms with Gasteiger partial charge >= 0.3 is 0 Å². The minimum Gasteiger partial charge on any atom is -0.496 e. The Bertz CT molecular complexity index is 383. The predicted octanol–water partition coefficient (Wildman–Crippen LogP) is 3.18. The number of halogens is 1. The van der Waals surface area contributed by atoms with Crippen LogP contribution in [-0.2, 0) is 0 Å². The Balaban J connectivity index is 2.83. The molecule has 0 aliphatic heterocycles. The lowest BCUT2D eigenvalue weighted by Crippen LogP contribution is -2.31. The van der Waals surface area contributed by atoms with E-state index in [2.05, 4.69) is 47.2 Å². The van der Waals surface area contributed by atoms with Crippen LogP contribution in [0.2, 0.25) is 0 Å². The SMILES string of the molecule is COc1ccc(Br)cc1/C=N\NC(C)(C)C. The van der Waals surface area contributed by atoms with Crippen LogP contribution in [-0.4, -0.2) is 18.9 Å². The number of hydrogen-bond acceptors (Lipinski definition) is 3. The van der Waals surface area contributed by atoms with Gasteiger partial charge in [0.25, 0.3) is 0 Å². The molecule has 1 N–H and O–H groups in total. The average Bonchev–Trinajstić information content (AvgIpc) is 2.16. The maximum Gasteiger partial charge on any atom is 0.127 e. The van der Waals surface area contributed by atoms with Gasteiger partial charge in [-0.2, -0.15) is 5.10 Å². The first-order valence-corrected chi connectivity index (χ1v) is 5.85. The molecule has 0 spiro atoms. The van der Waals surface area contributed by atoms with Gasteiger partial charge in [0.15, 0.2) is 0 Å². The summed E-state index contributed by atoms with van der Waals surface area (Å²) in [7, 11) is 1.65. The van der Waals surface area contributed by atoms with Gasteiger partial charge in [-0.25, -0.2) is 0 Å². The fourth-order valence-electron chi connectivity index (χ4n) is 1.10. The normalized spacial score (nSPS) is 11.8. The summed E-state index contributed by atoms with van der Waals surface area (Å²) in [5, 5.41) is 4.19. The third-order valence-corrected chi connectivity index (χ3v) is 2.29. The number of methoxy groups -OCH3 is 1. The van der Waals surface area contributed by atoms with Crippen LogP contribution in [0.15, 0.2) is 27.8 Å². The van der Waals surface area contributed by atoms with Crippen molar-refractivity contribution in [1.82, 2.24) is 5.43 Å². The van der Waals surface area contributed by atoms with Crippen molar-refractivity contribution in [2.45, 2.75) is 26.3 Å². The molecule has 0 saturated carbocycles. The van der Waals surface area contributed by atoms with E-state index in [1.807, 2.05) is 18.2 Å². The van der Waals surface area contributed by atoms with Crippen LogP contribution in [0.5, 0.6) is 5.75 Å². The molecule has 1 aromatic rings. The van der Waals surface area contributed by atoms with Crippen molar-refractivity contribution in [3.05, 3.63) is 28.2 Å². The largest absolute Gasteiger partial charge is 0.496 e. The molecule has 88 valence electrons. The highest BCUT2D eigenvalue weighted by molar-refractivity contribution is 9.10. The molecule has 0 heterocycles. The molecular weight excluding hydrogens is 268 g/mol. The van der Waals surface area contributed by atoms with Crippen LogP contribution in [0, 0.1) is 0 Å². The Hall–Kier alpha value is -1.03. The van der Waals surface area contributed by atoms with Crippen LogP contribution in [0.1, 0.15) is 26.3 Å². The zero-order valence-electron chi connectivity index (χ0n) is 10.0. The number of rotatable bonds is 3. The zero-order valence-corrected chi connectivity index (χ0v) is 11.6. The molecule has 0 saturated heterocycles. The quantitative estimate of drug-likeness (QED) is 0.683. The molecule has 1 rings (SSSR count). The van der Waals surface area contributed by atoms with E-state index in [0.29, 0.717) is 0 Å². The third kappa shape index (κ3) is 4.23. The Morgan fingerprint density at radius 3 is 2.62 bits per heavy atom. The van der Waals surface area contributed by atoms with Gasteiger partial charge in [-0.15, -0.1) is 0 Å². The van der Waals surface area contributed by atoms with Crippen molar-refractivity contribution in [1.29, 1.82) is 0 Å². The maximum atomic E-state index is 5.24. The minimum absolute atomic E-state index is 0.0320. The highest BCUT2D eigenvalue weighted by Crippen LogP contribution is 2.21. The molecule has 0 amide bonds. The van der Waals surface area contributed by atoms with E-state index in [1.54, 1.807) is 13.3 Å². The van der Waals surface area contributed by atoms with E-state index >= 15 is 0 Å². The van der Waals surface area contributed by atoms with Gasteiger partial charge in [0, 0.05) is 15.6 Å². The molecule has 0 atom stereocenters. The Morgan fingerprint density at radius 2 is 2.06 bits per heavy atom. The van der Waals surface area contributed by atoms with Gasteiger partial charge in [-0.1, -0.05) is 15.9 Å². The van der Waals surface area contributed by atoms with Gasteiger partial charge in [0.2, 0.25) is 0 Å². The van der Waals surface area contributed by atoms with Crippen molar-refractivity contribution in [3.8, 4) is 5.75 Å². The van der Waals surface area contributed by atoms with Crippen LogP contribution in [0.3, 0.4) is 0 Å². The number of hydrazone groups is 1. The summed E-state index contributed by atoms with van der Waals surface area (Å²) in [6.45, 7) is 6.17. The van der Waals surface area contributed by atoms with E-state index in [0.717, 1.165) is 15.8 Å². The van der Waals surface area contributed by atoms with Gasteiger partial charge in [0.1, 0.15) is 5.75 Å². The van der Waals surface area contributed by atoms with Crippen molar-refractivity contribution in [2.24, 2.45) is 5.10 Å². The molecule has 0 aliphatic carbocycles. The number of nitrogens with one attached hydrogen (secondary N) is 1. The highest BCUT2D eigenvalue weighted by Gasteiger charge is 2.06. The first-order valence-electron chi connectivity index (χ1n) is 5.06. The van der Waals surface area contributed by atoms with Gasteiger partial charge in [-0.3, -0.25) is 0 Å². The molecule has 0 aliphatic rings. The van der Waals surface area contributed by atoms with Crippen molar-refractivity contribution < 1.29 is 4.74 Å². The molecular formula is C12H17BrN2O. The molecule has 3 nitrogen and oxygen atoms in total. The average molecular weight is 285 g/mol. The summed E-state index contributed by atoms with van der Waals surface area (Å²) in [5.41, 5.74) is 3.95. The summed E-state index contributed by atoms with van der Waals surface area (Å²) in [4.78, 5) is 0. The molecule has 4 heteroatoms. The topological polar surface area (TPSA) is 33.6 Å². The lowest BCUT2D eigenvalue weighted by Gasteiger charge is -2.17. The van der Waals surface area contributed by atoms with Crippen LogP contribution in [0.4, 0.5) is 0 Å². The van der Waals surface area contributed by atoms with E-state index in [-0.39, 0.29) is 5.54 Å². The Morgan fingerprint density at radius 1 is 1.38 bits per heavy atom. The number of nitrogens with zero attached hydrogens (tertiary/aromatic N) is 1. The molecule has 16 heavy (non-hydrogen) atoms. The Labute approximate surface area is 105 Å². The first kappa shape index (κ1) is 13.0. The molecule has 1 aromatic carbocycles. The van der Waals surface area contributed by atoms with Crippen molar-refractivity contribution in [2.75, 3.05) is 7.11 Å². The summed E-state index contributed by atoms with van der Waals surface area (Å²) >= 11 is 3.42. The molecule has 0 radical (unpaired) electrons. The van der Waals surface area contributed by atoms with Crippen molar-refractivity contribution in [3.63, 3.8) is 0 Å². The lowest BCUT2D eigenvalue weighted by atomic mass is 10.1. The number of hydrogen-bond donors (Lipinski definition) is 1. The smallest absolute Gasteiger partial charge is 0.127 e. The second-order valence-electron chi connectivity index (χ2n) is 4.51. The molecule has 0 bridgehead atoms. The zero-order chi connectivity index (χ0) is 12.2.